The summed E-state index contributed by atoms with van der Waals surface area (Å²) in [6.07, 6.45) is 2.32. The van der Waals surface area contributed by atoms with Crippen LogP contribution in [0.4, 0.5) is 0 Å². The van der Waals surface area contributed by atoms with Gasteiger partial charge in [0.15, 0.2) is 0 Å². The summed E-state index contributed by atoms with van der Waals surface area (Å²) >= 11 is 1.83. The molecule has 4 heteroatoms. The van der Waals surface area contributed by atoms with Crippen molar-refractivity contribution in [1.29, 1.82) is 0 Å². The number of para-hydroxylation sites is 1. The zero-order chi connectivity index (χ0) is 13.8. The van der Waals surface area contributed by atoms with E-state index in [9.17, 15) is 0 Å². The van der Waals surface area contributed by atoms with Gasteiger partial charge in [-0.05, 0) is 38.4 Å². The quantitative estimate of drug-likeness (QED) is 0.499. The monoisotopic (exact) mass is 283 g/mol. The zero-order valence-electron chi connectivity index (χ0n) is 12.0. The van der Waals surface area contributed by atoms with Gasteiger partial charge in [-0.2, -0.15) is 0 Å². The first-order valence-electron chi connectivity index (χ1n) is 6.92. The molecule has 0 aliphatic heterocycles. The van der Waals surface area contributed by atoms with E-state index in [1.807, 2.05) is 36.9 Å². The van der Waals surface area contributed by atoms with Crippen LogP contribution in [0, 0.1) is 0 Å². The molecule has 0 spiro atoms. The summed E-state index contributed by atoms with van der Waals surface area (Å²) in [5.74, 6) is 2.02. The molecule has 0 heterocycles. The van der Waals surface area contributed by atoms with Crippen LogP contribution in [0.15, 0.2) is 29.2 Å². The van der Waals surface area contributed by atoms with E-state index < -0.39 is 0 Å². The fourth-order valence-corrected chi connectivity index (χ4v) is 2.63. The van der Waals surface area contributed by atoms with Crippen molar-refractivity contribution in [3.05, 3.63) is 24.3 Å². The van der Waals surface area contributed by atoms with Gasteiger partial charge in [0.05, 0.1) is 7.11 Å². The van der Waals surface area contributed by atoms with E-state index in [-0.39, 0.29) is 0 Å². The molecule has 108 valence electrons. The lowest BCUT2D eigenvalue weighted by atomic mass is 10.3. The van der Waals surface area contributed by atoms with Crippen LogP contribution in [0.25, 0.3) is 0 Å². The summed E-state index contributed by atoms with van der Waals surface area (Å²) in [5, 5.41) is 3.45. The van der Waals surface area contributed by atoms with Crippen LogP contribution in [-0.4, -0.2) is 39.2 Å². The summed E-state index contributed by atoms with van der Waals surface area (Å²) in [7, 11) is 1.72. The SMILES string of the molecule is CCOCCCCNCCSc1ccccc1OC. The first-order chi connectivity index (χ1) is 9.38. The van der Waals surface area contributed by atoms with Gasteiger partial charge in [0.2, 0.25) is 0 Å². The molecular weight excluding hydrogens is 258 g/mol. The van der Waals surface area contributed by atoms with E-state index in [1.54, 1.807) is 7.11 Å². The number of hydrogen-bond acceptors (Lipinski definition) is 4. The Kier molecular flexibility index (Phi) is 9.59. The Balaban J connectivity index is 2.01. The first kappa shape index (κ1) is 16.3. The van der Waals surface area contributed by atoms with Crippen molar-refractivity contribution in [3.63, 3.8) is 0 Å². The van der Waals surface area contributed by atoms with Gasteiger partial charge < -0.3 is 14.8 Å². The number of methoxy groups -OCH3 is 1. The number of benzene rings is 1. The van der Waals surface area contributed by atoms with Gasteiger partial charge >= 0.3 is 0 Å². The van der Waals surface area contributed by atoms with Crippen LogP contribution in [0.1, 0.15) is 19.8 Å². The van der Waals surface area contributed by atoms with Gasteiger partial charge in [-0.25, -0.2) is 0 Å². The Labute approximate surface area is 121 Å². The molecule has 3 nitrogen and oxygen atoms in total. The maximum atomic E-state index is 5.32. The maximum absolute atomic E-state index is 5.32. The molecule has 0 aromatic heterocycles. The fourth-order valence-electron chi connectivity index (χ4n) is 1.69. The molecule has 0 aliphatic rings. The summed E-state index contributed by atoms with van der Waals surface area (Å²) in [4.78, 5) is 1.21. The standard InChI is InChI=1S/C15H25NO2S/c1-3-18-12-7-6-10-16-11-13-19-15-9-5-4-8-14(15)17-2/h4-5,8-9,16H,3,6-7,10-13H2,1-2H3. The molecule has 19 heavy (non-hydrogen) atoms. The Bertz CT molecular complexity index is 334. The average molecular weight is 283 g/mol. The highest BCUT2D eigenvalue weighted by Crippen LogP contribution is 2.27. The summed E-state index contributed by atoms with van der Waals surface area (Å²) in [6, 6.07) is 8.15. The highest BCUT2D eigenvalue weighted by molar-refractivity contribution is 7.99. The van der Waals surface area contributed by atoms with Gasteiger partial charge in [-0.3, -0.25) is 0 Å². The van der Waals surface area contributed by atoms with Gasteiger partial charge in [-0.1, -0.05) is 12.1 Å². The van der Waals surface area contributed by atoms with E-state index in [4.69, 9.17) is 9.47 Å². The number of thioether (sulfide) groups is 1. The molecule has 0 bridgehead atoms. The molecule has 0 unspecified atom stereocenters. The number of hydrogen-bond donors (Lipinski definition) is 1. The molecule has 0 fully saturated rings. The minimum absolute atomic E-state index is 0.822. The predicted molar refractivity (Wildman–Crippen MR) is 82.3 cm³/mol. The highest BCUT2D eigenvalue weighted by atomic mass is 32.2. The second-order valence-corrected chi connectivity index (χ2v) is 5.29. The Morgan fingerprint density at radius 2 is 2.00 bits per heavy atom. The molecule has 0 aliphatic carbocycles. The fraction of sp³-hybridized carbons (Fsp3) is 0.600. The molecule has 1 rings (SSSR count). The van der Waals surface area contributed by atoms with Crippen molar-refractivity contribution in [1.82, 2.24) is 5.32 Å². The molecule has 0 amide bonds. The van der Waals surface area contributed by atoms with Gasteiger partial charge in [-0.15, -0.1) is 11.8 Å². The molecular formula is C15H25NO2S. The van der Waals surface area contributed by atoms with Crippen molar-refractivity contribution in [2.75, 3.05) is 39.2 Å². The number of nitrogens with one attached hydrogen (secondary N) is 1. The minimum atomic E-state index is 0.822. The van der Waals surface area contributed by atoms with E-state index >= 15 is 0 Å². The molecule has 0 atom stereocenters. The maximum Gasteiger partial charge on any atom is 0.132 e. The van der Waals surface area contributed by atoms with Crippen LogP contribution in [0.5, 0.6) is 5.75 Å². The molecule has 0 saturated carbocycles. The highest BCUT2D eigenvalue weighted by Gasteiger charge is 2.01. The number of ether oxygens (including phenoxy) is 2. The molecule has 1 N–H and O–H groups in total. The number of unbranched alkanes of at least 4 members (excludes halogenated alkanes) is 1. The van der Waals surface area contributed by atoms with Crippen LogP contribution >= 0.6 is 11.8 Å². The molecule has 1 aromatic carbocycles. The smallest absolute Gasteiger partial charge is 0.132 e. The van der Waals surface area contributed by atoms with Crippen LogP contribution in [-0.2, 0) is 4.74 Å². The average Bonchev–Trinajstić information content (AvgIpc) is 2.46. The second-order valence-electron chi connectivity index (χ2n) is 4.15. The van der Waals surface area contributed by atoms with Gasteiger partial charge in [0.1, 0.15) is 5.75 Å². The Morgan fingerprint density at radius 3 is 2.79 bits per heavy atom. The third kappa shape index (κ3) is 7.45. The van der Waals surface area contributed by atoms with Crippen molar-refractivity contribution in [2.45, 2.75) is 24.7 Å². The van der Waals surface area contributed by atoms with Crippen LogP contribution in [0.3, 0.4) is 0 Å². The van der Waals surface area contributed by atoms with Crippen molar-refractivity contribution < 1.29 is 9.47 Å². The Hall–Kier alpha value is -0.710. The second kappa shape index (κ2) is 11.1. The topological polar surface area (TPSA) is 30.5 Å². The summed E-state index contributed by atoms with van der Waals surface area (Å²) < 4.78 is 10.6. The minimum Gasteiger partial charge on any atom is -0.496 e. The van der Waals surface area contributed by atoms with E-state index in [0.717, 1.165) is 44.2 Å². The van der Waals surface area contributed by atoms with Crippen molar-refractivity contribution >= 4 is 11.8 Å². The van der Waals surface area contributed by atoms with Crippen molar-refractivity contribution in [2.24, 2.45) is 0 Å². The third-order valence-electron chi connectivity index (χ3n) is 2.70. The number of rotatable bonds is 11. The van der Waals surface area contributed by atoms with Gasteiger partial charge in [0, 0.05) is 30.4 Å². The van der Waals surface area contributed by atoms with Crippen molar-refractivity contribution in [3.8, 4) is 5.75 Å². The first-order valence-corrected chi connectivity index (χ1v) is 7.91. The lowest BCUT2D eigenvalue weighted by molar-refractivity contribution is 0.143. The molecule has 0 radical (unpaired) electrons. The van der Waals surface area contributed by atoms with Gasteiger partial charge in [0.25, 0.3) is 0 Å². The third-order valence-corrected chi connectivity index (χ3v) is 3.76. The lowest BCUT2D eigenvalue weighted by Gasteiger charge is -2.08. The van der Waals surface area contributed by atoms with Crippen LogP contribution < -0.4 is 10.1 Å². The zero-order valence-corrected chi connectivity index (χ0v) is 12.8. The Morgan fingerprint density at radius 1 is 1.16 bits per heavy atom. The normalized spacial score (nSPS) is 10.6. The summed E-state index contributed by atoms with van der Waals surface area (Å²) in [6.45, 7) is 5.83. The molecule has 1 aromatic rings. The van der Waals surface area contributed by atoms with E-state index in [1.165, 1.54) is 11.3 Å². The van der Waals surface area contributed by atoms with E-state index in [2.05, 4.69) is 11.4 Å². The lowest BCUT2D eigenvalue weighted by Crippen LogP contribution is -2.18. The van der Waals surface area contributed by atoms with E-state index in [0.29, 0.717) is 0 Å². The van der Waals surface area contributed by atoms with Crippen LogP contribution in [0.2, 0.25) is 0 Å². The predicted octanol–water partition coefficient (Wildman–Crippen LogP) is 3.19. The summed E-state index contributed by atoms with van der Waals surface area (Å²) in [5.41, 5.74) is 0. The largest absolute Gasteiger partial charge is 0.496 e. The molecule has 0 saturated heterocycles.